The van der Waals surface area contributed by atoms with Crippen molar-refractivity contribution in [3.05, 3.63) is 0 Å². The van der Waals surface area contributed by atoms with Gasteiger partial charge in [-0.2, -0.15) is 0 Å². The molecule has 21 heavy (non-hydrogen) atoms. The Morgan fingerprint density at radius 1 is 1.05 bits per heavy atom. The molecule has 1 aliphatic heterocycles. The quantitative estimate of drug-likeness (QED) is 0.751. The number of halogens is 1. The summed E-state index contributed by atoms with van der Waals surface area (Å²) in [7, 11) is 0. The predicted molar refractivity (Wildman–Crippen MR) is 85.2 cm³/mol. The molecule has 0 bridgehead atoms. The molecule has 0 aromatic heterocycles. The Labute approximate surface area is 133 Å². The lowest BCUT2D eigenvalue weighted by Gasteiger charge is -2.32. The van der Waals surface area contributed by atoms with Crippen LogP contribution in [0.2, 0.25) is 0 Å². The second-order valence-corrected chi connectivity index (χ2v) is 5.96. The number of likely N-dealkylation sites (tertiary alicyclic amines) is 1. The standard InChI is InChI=1S/C15H27N3O2.ClH/c16-8-5-9-17-14(19)12-6-1-2-7-13(12)15(20)18-10-3-4-11-18;/h12-13H,1-11,16H2,(H,17,19);1H. The van der Waals surface area contributed by atoms with Crippen molar-refractivity contribution in [1.29, 1.82) is 0 Å². The molecule has 5 nitrogen and oxygen atoms in total. The first-order chi connectivity index (χ1) is 9.74. The molecule has 0 radical (unpaired) electrons. The predicted octanol–water partition coefficient (Wildman–Crippen LogP) is 1.30. The highest BCUT2D eigenvalue weighted by Crippen LogP contribution is 2.32. The van der Waals surface area contributed by atoms with Crippen LogP contribution in [-0.2, 0) is 9.59 Å². The molecule has 6 heteroatoms. The molecule has 2 rings (SSSR count). The lowest BCUT2D eigenvalue weighted by atomic mass is 9.78. The van der Waals surface area contributed by atoms with Crippen LogP contribution < -0.4 is 11.1 Å². The Hall–Kier alpha value is -0.810. The summed E-state index contributed by atoms with van der Waals surface area (Å²) in [5.41, 5.74) is 5.44. The lowest BCUT2D eigenvalue weighted by molar-refractivity contribution is -0.142. The maximum absolute atomic E-state index is 12.6. The smallest absolute Gasteiger partial charge is 0.226 e. The fraction of sp³-hybridized carbons (Fsp3) is 0.867. The third-order valence-electron chi connectivity index (χ3n) is 4.52. The van der Waals surface area contributed by atoms with Crippen LogP contribution >= 0.6 is 12.4 Å². The van der Waals surface area contributed by atoms with Crippen molar-refractivity contribution in [2.75, 3.05) is 26.2 Å². The fourth-order valence-corrected chi connectivity index (χ4v) is 3.36. The molecule has 1 heterocycles. The van der Waals surface area contributed by atoms with Gasteiger partial charge >= 0.3 is 0 Å². The second-order valence-electron chi connectivity index (χ2n) is 5.96. The molecule has 3 N–H and O–H groups in total. The van der Waals surface area contributed by atoms with Crippen LogP contribution in [-0.4, -0.2) is 42.9 Å². The molecular weight excluding hydrogens is 290 g/mol. The number of nitrogens with zero attached hydrogens (tertiary/aromatic N) is 1. The number of nitrogens with one attached hydrogen (secondary N) is 1. The summed E-state index contributed by atoms with van der Waals surface area (Å²) in [4.78, 5) is 26.8. The zero-order valence-corrected chi connectivity index (χ0v) is 13.5. The third-order valence-corrected chi connectivity index (χ3v) is 4.52. The lowest BCUT2D eigenvalue weighted by Crippen LogP contribution is -2.45. The third kappa shape index (κ3) is 4.85. The Morgan fingerprint density at radius 2 is 1.67 bits per heavy atom. The van der Waals surface area contributed by atoms with E-state index in [0.717, 1.165) is 58.0 Å². The zero-order valence-electron chi connectivity index (χ0n) is 12.7. The van der Waals surface area contributed by atoms with Crippen molar-refractivity contribution in [3.63, 3.8) is 0 Å². The SMILES string of the molecule is Cl.NCCCNC(=O)C1CCCCC1C(=O)N1CCCC1. The summed E-state index contributed by atoms with van der Waals surface area (Å²) >= 11 is 0. The van der Waals surface area contributed by atoms with Crippen molar-refractivity contribution >= 4 is 24.2 Å². The van der Waals surface area contributed by atoms with Crippen LogP contribution in [0.5, 0.6) is 0 Å². The Balaban J connectivity index is 0.00000220. The van der Waals surface area contributed by atoms with Crippen molar-refractivity contribution in [2.24, 2.45) is 17.6 Å². The van der Waals surface area contributed by atoms with Crippen LogP contribution in [0.15, 0.2) is 0 Å². The van der Waals surface area contributed by atoms with E-state index in [0.29, 0.717) is 13.1 Å². The zero-order chi connectivity index (χ0) is 14.4. The Kier molecular flexibility index (Phi) is 8.04. The number of hydrogen-bond acceptors (Lipinski definition) is 3. The van der Waals surface area contributed by atoms with E-state index in [1.54, 1.807) is 0 Å². The molecular formula is C15H28ClN3O2. The molecule has 2 amide bonds. The monoisotopic (exact) mass is 317 g/mol. The van der Waals surface area contributed by atoms with Crippen LogP contribution in [0.4, 0.5) is 0 Å². The van der Waals surface area contributed by atoms with Gasteiger partial charge in [0.25, 0.3) is 0 Å². The van der Waals surface area contributed by atoms with E-state index in [-0.39, 0.29) is 36.1 Å². The summed E-state index contributed by atoms with van der Waals surface area (Å²) < 4.78 is 0. The van der Waals surface area contributed by atoms with E-state index >= 15 is 0 Å². The van der Waals surface area contributed by atoms with Gasteiger partial charge in [-0.25, -0.2) is 0 Å². The molecule has 1 saturated carbocycles. The molecule has 2 atom stereocenters. The van der Waals surface area contributed by atoms with Gasteiger partial charge < -0.3 is 16.0 Å². The first-order valence-corrected chi connectivity index (χ1v) is 8.00. The average Bonchev–Trinajstić information content (AvgIpc) is 3.01. The van der Waals surface area contributed by atoms with Crippen molar-refractivity contribution in [3.8, 4) is 0 Å². The first-order valence-electron chi connectivity index (χ1n) is 8.00. The molecule has 1 aliphatic carbocycles. The van der Waals surface area contributed by atoms with E-state index in [9.17, 15) is 9.59 Å². The van der Waals surface area contributed by atoms with E-state index in [1.165, 1.54) is 0 Å². The van der Waals surface area contributed by atoms with Crippen LogP contribution in [0, 0.1) is 11.8 Å². The number of carbonyl (C=O) groups is 2. The number of rotatable bonds is 5. The summed E-state index contributed by atoms with van der Waals surface area (Å²) in [5.74, 6) is 0.0335. The van der Waals surface area contributed by atoms with Gasteiger partial charge in [0.05, 0.1) is 0 Å². The molecule has 1 saturated heterocycles. The number of carbonyl (C=O) groups excluding carboxylic acids is 2. The largest absolute Gasteiger partial charge is 0.356 e. The van der Waals surface area contributed by atoms with Crippen molar-refractivity contribution < 1.29 is 9.59 Å². The van der Waals surface area contributed by atoms with Crippen LogP contribution in [0.25, 0.3) is 0 Å². The fourth-order valence-electron chi connectivity index (χ4n) is 3.36. The van der Waals surface area contributed by atoms with Gasteiger partial charge in [-0.05, 0) is 38.6 Å². The minimum absolute atomic E-state index is 0. The summed E-state index contributed by atoms with van der Waals surface area (Å²) in [6.45, 7) is 2.95. The van der Waals surface area contributed by atoms with Crippen LogP contribution in [0.3, 0.4) is 0 Å². The van der Waals surface area contributed by atoms with Gasteiger partial charge in [0.1, 0.15) is 0 Å². The van der Waals surface area contributed by atoms with Gasteiger partial charge in [0.15, 0.2) is 0 Å². The molecule has 0 spiro atoms. The topological polar surface area (TPSA) is 75.4 Å². The first kappa shape index (κ1) is 18.2. The second kappa shape index (κ2) is 9.26. The van der Waals surface area contributed by atoms with Gasteiger partial charge in [0.2, 0.25) is 11.8 Å². The number of amides is 2. The van der Waals surface area contributed by atoms with E-state index in [1.807, 2.05) is 4.90 Å². The van der Waals surface area contributed by atoms with E-state index in [2.05, 4.69) is 5.32 Å². The highest BCUT2D eigenvalue weighted by Gasteiger charge is 2.38. The van der Waals surface area contributed by atoms with Crippen molar-refractivity contribution in [2.45, 2.75) is 44.9 Å². The molecule has 2 aliphatic rings. The normalized spacial score (nSPS) is 25.3. The minimum Gasteiger partial charge on any atom is -0.356 e. The minimum atomic E-state index is -0.130. The van der Waals surface area contributed by atoms with E-state index < -0.39 is 0 Å². The number of nitrogens with two attached hydrogens (primary N) is 1. The molecule has 2 unspecified atom stereocenters. The molecule has 0 aromatic carbocycles. The van der Waals surface area contributed by atoms with E-state index in [4.69, 9.17) is 5.73 Å². The highest BCUT2D eigenvalue weighted by atomic mass is 35.5. The van der Waals surface area contributed by atoms with Gasteiger partial charge in [0, 0.05) is 31.5 Å². The molecule has 2 fully saturated rings. The Bertz CT molecular complexity index is 346. The molecule has 0 aromatic rings. The van der Waals surface area contributed by atoms with Gasteiger partial charge in [-0.1, -0.05) is 12.8 Å². The molecule has 122 valence electrons. The maximum Gasteiger partial charge on any atom is 0.226 e. The summed E-state index contributed by atoms with van der Waals surface area (Å²) in [5, 5.41) is 2.94. The highest BCUT2D eigenvalue weighted by molar-refractivity contribution is 5.88. The summed E-state index contributed by atoms with van der Waals surface area (Å²) in [6.07, 6.45) is 6.83. The number of hydrogen-bond donors (Lipinski definition) is 2. The van der Waals surface area contributed by atoms with Crippen LogP contribution in [0.1, 0.15) is 44.9 Å². The maximum atomic E-state index is 12.6. The van der Waals surface area contributed by atoms with Crippen molar-refractivity contribution in [1.82, 2.24) is 10.2 Å². The van der Waals surface area contributed by atoms with Gasteiger partial charge in [-0.15, -0.1) is 12.4 Å². The average molecular weight is 318 g/mol. The Morgan fingerprint density at radius 3 is 2.29 bits per heavy atom. The summed E-state index contributed by atoms with van der Waals surface area (Å²) in [6, 6.07) is 0. The van der Waals surface area contributed by atoms with Gasteiger partial charge in [-0.3, -0.25) is 9.59 Å².